The van der Waals surface area contributed by atoms with Gasteiger partial charge in [-0.1, -0.05) is 28.6 Å². The molecule has 0 aliphatic heterocycles. The van der Waals surface area contributed by atoms with Crippen molar-refractivity contribution < 1.29 is 9.26 Å². The lowest BCUT2D eigenvalue weighted by Crippen LogP contribution is -1.94. The maximum Gasteiger partial charge on any atom is 0.235 e. The summed E-state index contributed by atoms with van der Waals surface area (Å²) in [6, 6.07) is 9.77. The molecular weight excluding hydrogens is 314 g/mol. The van der Waals surface area contributed by atoms with Crippen molar-refractivity contribution in [3.63, 3.8) is 0 Å². The third kappa shape index (κ3) is 2.57. The average Bonchev–Trinajstić information content (AvgIpc) is 3.23. The molecule has 4 aromatic rings. The fourth-order valence-electron chi connectivity index (χ4n) is 2.28. The van der Waals surface area contributed by atoms with Crippen molar-refractivity contribution in [2.75, 3.05) is 7.11 Å². The topological polar surface area (TPSA) is 78.3 Å². The molecule has 0 aliphatic rings. The second kappa shape index (κ2) is 5.47. The minimum Gasteiger partial charge on any atom is -0.497 e. The van der Waals surface area contributed by atoms with Gasteiger partial charge in [-0.3, -0.25) is 0 Å². The summed E-state index contributed by atoms with van der Waals surface area (Å²) in [7, 11) is 1.66. The van der Waals surface area contributed by atoms with Crippen LogP contribution in [0.5, 0.6) is 5.75 Å². The zero-order chi connectivity index (χ0) is 15.8. The molecule has 3 aromatic heterocycles. The number of fused-ring (bicyclic) bond motifs is 1. The first-order valence-corrected chi connectivity index (χ1v) is 7.82. The van der Waals surface area contributed by atoms with Crippen LogP contribution in [0.25, 0.3) is 16.5 Å². The van der Waals surface area contributed by atoms with Gasteiger partial charge in [0.1, 0.15) is 16.5 Å². The van der Waals surface area contributed by atoms with E-state index in [4.69, 9.17) is 9.26 Å². The van der Waals surface area contributed by atoms with Crippen molar-refractivity contribution in [2.24, 2.45) is 0 Å². The number of hydrogen-bond donors (Lipinski definition) is 0. The summed E-state index contributed by atoms with van der Waals surface area (Å²) >= 11 is 1.51. The van der Waals surface area contributed by atoms with E-state index in [1.165, 1.54) is 11.3 Å². The van der Waals surface area contributed by atoms with Crippen LogP contribution in [0.15, 0.2) is 34.9 Å². The molecule has 0 saturated heterocycles. The molecule has 23 heavy (non-hydrogen) atoms. The van der Waals surface area contributed by atoms with E-state index < -0.39 is 0 Å². The normalized spacial score (nSPS) is 11.2. The molecule has 0 spiro atoms. The Morgan fingerprint density at radius 2 is 2.04 bits per heavy atom. The Kier molecular flexibility index (Phi) is 3.30. The van der Waals surface area contributed by atoms with E-state index in [1.54, 1.807) is 11.6 Å². The van der Waals surface area contributed by atoms with Crippen LogP contribution in [0, 0.1) is 6.92 Å². The van der Waals surface area contributed by atoms with Crippen molar-refractivity contribution in [2.45, 2.75) is 13.3 Å². The molecule has 4 rings (SSSR count). The maximum absolute atomic E-state index is 5.17. The highest BCUT2D eigenvalue weighted by atomic mass is 32.1. The fraction of sp³-hybridized carbons (Fsp3) is 0.200. The number of hydrogen-bond acceptors (Lipinski definition) is 7. The molecule has 0 unspecified atom stereocenters. The first kappa shape index (κ1) is 13.9. The zero-order valence-corrected chi connectivity index (χ0v) is 13.4. The van der Waals surface area contributed by atoms with Gasteiger partial charge in [0, 0.05) is 12.5 Å². The first-order valence-electron chi connectivity index (χ1n) is 7.00. The zero-order valence-electron chi connectivity index (χ0n) is 12.6. The van der Waals surface area contributed by atoms with Crippen LogP contribution in [-0.2, 0) is 6.42 Å². The molecule has 0 amide bonds. The van der Waals surface area contributed by atoms with E-state index in [0.717, 1.165) is 33.5 Å². The van der Waals surface area contributed by atoms with Gasteiger partial charge in [-0.25, -0.2) is 0 Å². The highest BCUT2D eigenvalue weighted by molar-refractivity contribution is 7.16. The summed E-state index contributed by atoms with van der Waals surface area (Å²) in [5, 5.41) is 17.8. The second-order valence-corrected chi connectivity index (χ2v) is 6.10. The van der Waals surface area contributed by atoms with E-state index in [1.807, 2.05) is 37.3 Å². The smallest absolute Gasteiger partial charge is 0.235 e. The number of aromatic nitrogens is 5. The van der Waals surface area contributed by atoms with Crippen molar-refractivity contribution in [3.05, 3.63) is 46.7 Å². The minimum atomic E-state index is 0.592. The van der Waals surface area contributed by atoms with Gasteiger partial charge in [0.25, 0.3) is 0 Å². The lowest BCUT2D eigenvalue weighted by atomic mass is 10.1. The largest absolute Gasteiger partial charge is 0.497 e. The van der Waals surface area contributed by atoms with Gasteiger partial charge < -0.3 is 9.26 Å². The van der Waals surface area contributed by atoms with Crippen molar-refractivity contribution in [1.82, 2.24) is 25.0 Å². The van der Waals surface area contributed by atoms with Gasteiger partial charge in [-0.15, -0.1) is 10.2 Å². The molecule has 0 radical (unpaired) electrons. The van der Waals surface area contributed by atoms with Gasteiger partial charge in [0.2, 0.25) is 10.8 Å². The molecule has 1 aromatic carbocycles. The van der Waals surface area contributed by atoms with Gasteiger partial charge in [-0.05, 0) is 24.6 Å². The number of methoxy groups -OCH3 is 1. The molecule has 0 bridgehead atoms. The Balaban J connectivity index is 1.65. The van der Waals surface area contributed by atoms with Crippen LogP contribution >= 0.6 is 11.3 Å². The molecule has 0 atom stereocenters. The van der Waals surface area contributed by atoms with Crippen molar-refractivity contribution in [3.8, 4) is 17.3 Å². The molecule has 8 heteroatoms. The lowest BCUT2D eigenvalue weighted by molar-refractivity contribution is 0.399. The third-order valence-corrected chi connectivity index (χ3v) is 4.30. The summed E-state index contributed by atoms with van der Waals surface area (Å²) < 4.78 is 12.0. The minimum absolute atomic E-state index is 0.592. The summed E-state index contributed by atoms with van der Waals surface area (Å²) in [5.74, 6) is 2.16. The number of rotatable bonds is 4. The molecule has 0 saturated carbocycles. The van der Waals surface area contributed by atoms with E-state index in [0.29, 0.717) is 11.5 Å². The monoisotopic (exact) mass is 327 g/mol. The lowest BCUT2D eigenvalue weighted by Gasteiger charge is -2.01. The van der Waals surface area contributed by atoms with E-state index in [-0.39, 0.29) is 0 Å². The van der Waals surface area contributed by atoms with Crippen LogP contribution in [0.4, 0.5) is 0 Å². The molecule has 0 fully saturated rings. The fourth-order valence-corrected chi connectivity index (χ4v) is 3.14. The summed E-state index contributed by atoms with van der Waals surface area (Å²) in [6.07, 6.45) is 0.731. The van der Waals surface area contributed by atoms with E-state index >= 15 is 0 Å². The Hall–Kier alpha value is -2.74. The van der Waals surface area contributed by atoms with Gasteiger partial charge in [0.05, 0.1) is 7.11 Å². The van der Waals surface area contributed by atoms with Gasteiger partial charge in [-0.2, -0.15) is 9.61 Å². The molecule has 116 valence electrons. The quantitative estimate of drug-likeness (QED) is 0.573. The standard InChI is InChI=1S/C15H13N5O2S/c1-9-7-12(19-22-9)14-16-17-15-20(14)18-13(23-15)8-10-3-5-11(21-2)6-4-10/h3-7H,8H2,1-2H3. The van der Waals surface area contributed by atoms with Crippen LogP contribution in [0.3, 0.4) is 0 Å². The van der Waals surface area contributed by atoms with Gasteiger partial charge >= 0.3 is 0 Å². The molecule has 3 heterocycles. The Bertz CT molecular complexity index is 954. The van der Waals surface area contributed by atoms with E-state index in [9.17, 15) is 0 Å². The van der Waals surface area contributed by atoms with Crippen LogP contribution in [-0.4, -0.2) is 32.1 Å². The Morgan fingerprint density at radius 3 is 2.74 bits per heavy atom. The average molecular weight is 327 g/mol. The predicted octanol–water partition coefficient (Wildman–Crippen LogP) is 2.75. The Morgan fingerprint density at radius 1 is 1.22 bits per heavy atom. The van der Waals surface area contributed by atoms with E-state index in [2.05, 4.69) is 20.5 Å². The molecule has 0 aliphatic carbocycles. The summed E-state index contributed by atoms with van der Waals surface area (Å²) in [5.41, 5.74) is 1.80. The van der Waals surface area contributed by atoms with Crippen LogP contribution in [0.1, 0.15) is 16.3 Å². The van der Waals surface area contributed by atoms with Crippen LogP contribution < -0.4 is 4.74 Å². The first-order chi connectivity index (χ1) is 11.2. The SMILES string of the molecule is COc1ccc(Cc2nn3c(-c4cc(C)on4)nnc3s2)cc1. The number of nitrogens with zero attached hydrogens (tertiary/aromatic N) is 5. The maximum atomic E-state index is 5.17. The molecule has 0 N–H and O–H groups in total. The summed E-state index contributed by atoms with van der Waals surface area (Å²) in [6.45, 7) is 1.84. The van der Waals surface area contributed by atoms with Crippen molar-refractivity contribution in [1.29, 1.82) is 0 Å². The third-order valence-electron chi connectivity index (χ3n) is 3.40. The second-order valence-electron chi connectivity index (χ2n) is 5.06. The molecular formula is C15H13N5O2S. The number of benzene rings is 1. The Labute approximate surface area is 135 Å². The van der Waals surface area contributed by atoms with Crippen LogP contribution in [0.2, 0.25) is 0 Å². The van der Waals surface area contributed by atoms with Gasteiger partial charge in [0.15, 0.2) is 5.69 Å². The highest BCUT2D eigenvalue weighted by Crippen LogP contribution is 2.23. The highest BCUT2D eigenvalue weighted by Gasteiger charge is 2.16. The summed E-state index contributed by atoms with van der Waals surface area (Å²) in [4.78, 5) is 0.740. The predicted molar refractivity (Wildman–Crippen MR) is 84.7 cm³/mol. The van der Waals surface area contributed by atoms with Crippen molar-refractivity contribution >= 4 is 16.3 Å². The number of ether oxygens (including phenoxy) is 1. The number of aryl methyl sites for hydroxylation is 1. The molecule has 7 nitrogen and oxygen atoms in total.